The lowest BCUT2D eigenvalue weighted by Gasteiger charge is -2.31. The van der Waals surface area contributed by atoms with Crippen LogP contribution in [-0.2, 0) is 18.4 Å². The number of benzene rings is 2. The van der Waals surface area contributed by atoms with Gasteiger partial charge in [-0.15, -0.1) is 0 Å². The van der Waals surface area contributed by atoms with Crippen LogP contribution in [-0.4, -0.2) is 58.4 Å². The number of piperidine rings is 1. The lowest BCUT2D eigenvalue weighted by molar-refractivity contribution is -0.182. The Morgan fingerprint density at radius 1 is 1.06 bits per heavy atom. The number of nitrogens with zero attached hydrogens (tertiary/aromatic N) is 3. The van der Waals surface area contributed by atoms with Crippen LogP contribution in [0.4, 0.5) is 30.5 Å². The molecule has 9 nitrogen and oxygen atoms in total. The molecule has 3 aliphatic rings. The Bertz CT molecular complexity index is 1690. The second-order valence-corrected chi connectivity index (χ2v) is 14.6. The fraction of sp³-hybridized carbons (Fsp3) is 0.545. The minimum absolute atomic E-state index is 0.00439. The summed E-state index contributed by atoms with van der Waals surface area (Å²) in [6, 6.07) is 6.75. The van der Waals surface area contributed by atoms with Gasteiger partial charge in [0, 0.05) is 32.7 Å². The number of aryl methyl sites for hydroxylation is 1. The van der Waals surface area contributed by atoms with E-state index in [1.54, 1.807) is 32.0 Å². The molecule has 2 amide bonds. The van der Waals surface area contributed by atoms with Crippen LogP contribution in [0.25, 0.3) is 11.0 Å². The zero-order chi connectivity index (χ0) is 33.8. The average molecular weight is 696 g/mol. The molecule has 254 valence electrons. The van der Waals surface area contributed by atoms with Crippen molar-refractivity contribution in [3.05, 3.63) is 45.4 Å². The normalized spacial score (nSPS) is 22.7. The number of aromatic nitrogens is 2. The molecule has 0 radical (unpaired) electrons. The predicted molar refractivity (Wildman–Crippen MR) is 176 cm³/mol. The van der Waals surface area contributed by atoms with Crippen molar-refractivity contribution in [1.29, 1.82) is 0 Å². The number of imidazole rings is 1. The first-order chi connectivity index (χ1) is 22.2. The van der Waals surface area contributed by atoms with Crippen molar-refractivity contribution in [2.75, 3.05) is 29.9 Å². The fourth-order valence-electron chi connectivity index (χ4n) is 6.65. The molecule has 14 heteroatoms. The third-order valence-corrected chi connectivity index (χ3v) is 10.7. The maximum atomic E-state index is 13.7. The Kier molecular flexibility index (Phi) is 9.08. The third kappa shape index (κ3) is 6.87. The molecule has 47 heavy (non-hydrogen) atoms. The van der Waals surface area contributed by atoms with Gasteiger partial charge in [0.15, 0.2) is 0 Å². The molecular formula is C33H39Cl2F3N6O3. The molecule has 2 saturated carbocycles. The quantitative estimate of drug-likeness (QED) is 0.202. The van der Waals surface area contributed by atoms with Crippen molar-refractivity contribution < 1.29 is 27.9 Å². The molecule has 3 aromatic rings. The highest BCUT2D eigenvalue weighted by Gasteiger charge is 2.46. The number of carbonyl (C=O) groups excluding carboxylic acids is 2. The van der Waals surface area contributed by atoms with Gasteiger partial charge in [0.25, 0.3) is 5.91 Å². The van der Waals surface area contributed by atoms with E-state index in [2.05, 4.69) is 20.9 Å². The topological polar surface area (TPSA) is 112 Å². The van der Waals surface area contributed by atoms with E-state index in [0.29, 0.717) is 50.2 Å². The third-order valence-electron chi connectivity index (χ3n) is 9.94. The molecule has 0 spiro atoms. The monoisotopic (exact) mass is 694 g/mol. The molecule has 3 fully saturated rings. The Morgan fingerprint density at radius 3 is 2.38 bits per heavy atom. The Balaban J connectivity index is 1.26. The Labute approximate surface area is 281 Å². The molecular weight excluding hydrogens is 656 g/mol. The summed E-state index contributed by atoms with van der Waals surface area (Å²) in [5.74, 6) is -0.319. The minimum Gasteiger partial charge on any atom is -0.395 e. The van der Waals surface area contributed by atoms with Crippen LogP contribution < -0.4 is 20.9 Å². The number of fused-ring (bicyclic) bond motifs is 2. The number of aliphatic hydroxyl groups excluding tert-OH is 1. The van der Waals surface area contributed by atoms with Crippen LogP contribution in [0.3, 0.4) is 0 Å². The molecule has 1 aliphatic heterocycles. The van der Waals surface area contributed by atoms with Crippen molar-refractivity contribution in [1.82, 2.24) is 20.2 Å². The first-order valence-electron chi connectivity index (χ1n) is 15.9. The van der Waals surface area contributed by atoms with Crippen molar-refractivity contribution in [3.63, 3.8) is 0 Å². The van der Waals surface area contributed by atoms with Gasteiger partial charge in [-0.1, -0.05) is 29.3 Å². The standard InChI is InChI=1S/C33H39Cl2F3N6O3/c1-32(2,16-45)30(47)39-13-17-4-9-23(34)28(27(17)35)42-31-41-24-11-22(29(46)40-21-7-5-20(6-8-21)33(36,37)38)25(12-26(24)43(31)3)44-14-18-10-19(18)15-44/h4,9,11-12,18-21,45H,5-8,10,13-16H2,1-3H3,(H,39,47)(H,40,46)(H,41,42)/t18?,19?,20-,21-. The van der Waals surface area contributed by atoms with Gasteiger partial charge in [0.05, 0.1) is 56.0 Å². The molecule has 1 saturated heterocycles. The predicted octanol–water partition coefficient (Wildman–Crippen LogP) is 6.57. The number of carbonyl (C=O) groups is 2. The van der Waals surface area contributed by atoms with Gasteiger partial charge < -0.3 is 30.5 Å². The van der Waals surface area contributed by atoms with Gasteiger partial charge in [0.1, 0.15) is 0 Å². The average Bonchev–Trinajstić information content (AvgIpc) is 3.51. The second-order valence-electron chi connectivity index (χ2n) is 13.8. The highest BCUT2D eigenvalue weighted by atomic mass is 35.5. The number of rotatable bonds is 9. The van der Waals surface area contributed by atoms with E-state index in [1.807, 2.05) is 17.7 Å². The number of hydrogen-bond donors (Lipinski definition) is 4. The van der Waals surface area contributed by atoms with Crippen LogP contribution in [0.2, 0.25) is 10.0 Å². The highest BCUT2D eigenvalue weighted by molar-refractivity contribution is 6.39. The number of halogens is 5. The van der Waals surface area contributed by atoms with E-state index >= 15 is 0 Å². The summed E-state index contributed by atoms with van der Waals surface area (Å²) in [7, 11) is 1.84. The minimum atomic E-state index is -4.21. The maximum Gasteiger partial charge on any atom is 0.391 e. The van der Waals surface area contributed by atoms with E-state index in [4.69, 9.17) is 28.2 Å². The van der Waals surface area contributed by atoms with Crippen LogP contribution in [0.5, 0.6) is 0 Å². The maximum absolute atomic E-state index is 13.7. The lowest BCUT2D eigenvalue weighted by atomic mass is 9.85. The van der Waals surface area contributed by atoms with E-state index in [0.717, 1.165) is 24.3 Å². The molecule has 0 bridgehead atoms. The van der Waals surface area contributed by atoms with Crippen LogP contribution in [0.15, 0.2) is 24.3 Å². The molecule has 1 aromatic heterocycles. The summed E-state index contributed by atoms with van der Waals surface area (Å²) < 4.78 is 41.5. The molecule has 2 unspecified atom stereocenters. The highest BCUT2D eigenvalue weighted by Crippen LogP contribution is 2.47. The van der Waals surface area contributed by atoms with Crippen molar-refractivity contribution in [2.45, 2.75) is 64.7 Å². The number of amides is 2. The van der Waals surface area contributed by atoms with Crippen LogP contribution in [0, 0.1) is 23.2 Å². The molecule has 6 rings (SSSR count). The van der Waals surface area contributed by atoms with Gasteiger partial charge in [-0.25, -0.2) is 4.98 Å². The Morgan fingerprint density at radius 2 is 1.74 bits per heavy atom. The largest absolute Gasteiger partial charge is 0.395 e. The molecule has 2 aliphatic carbocycles. The van der Waals surface area contributed by atoms with Crippen LogP contribution >= 0.6 is 23.2 Å². The molecule has 2 atom stereocenters. The summed E-state index contributed by atoms with van der Waals surface area (Å²) in [5.41, 5.74) is 2.60. The Hall–Kier alpha value is -3.22. The van der Waals surface area contributed by atoms with Crippen LogP contribution in [0.1, 0.15) is 61.9 Å². The molecule has 2 heterocycles. The SMILES string of the molecule is Cn1c(Nc2c(Cl)ccc(CNC(=O)C(C)(C)CO)c2Cl)nc2cc(C(=O)N[C@H]3CC[C@H](C(F)(F)F)CC3)c(N3CC4CC4C3)cc21. The van der Waals surface area contributed by atoms with Crippen molar-refractivity contribution >= 4 is 63.4 Å². The summed E-state index contributed by atoms with van der Waals surface area (Å²) in [6.45, 7) is 4.78. The van der Waals surface area contributed by atoms with E-state index < -0.39 is 17.5 Å². The number of nitrogens with one attached hydrogen (secondary N) is 3. The first-order valence-corrected chi connectivity index (χ1v) is 16.7. The first kappa shape index (κ1) is 33.7. The smallest absolute Gasteiger partial charge is 0.391 e. The number of aliphatic hydroxyl groups is 1. The van der Waals surface area contributed by atoms with Crippen molar-refractivity contribution in [3.8, 4) is 0 Å². The summed E-state index contributed by atoms with van der Waals surface area (Å²) in [5, 5.41) is 19.2. The van der Waals surface area contributed by atoms with Gasteiger partial charge in [0.2, 0.25) is 11.9 Å². The zero-order valence-corrected chi connectivity index (χ0v) is 28.0. The summed E-state index contributed by atoms with van der Waals surface area (Å²) >= 11 is 13.3. The molecule has 2 aromatic carbocycles. The number of anilines is 3. The fourth-order valence-corrected chi connectivity index (χ4v) is 7.18. The van der Waals surface area contributed by atoms with Gasteiger partial charge in [-0.3, -0.25) is 9.59 Å². The lowest BCUT2D eigenvalue weighted by Crippen LogP contribution is -2.40. The van der Waals surface area contributed by atoms with E-state index in [1.165, 1.54) is 6.42 Å². The van der Waals surface area contributed by atoms with Crippen molar-refractivity contribution in [2.24, 2.45) is 30.2 Å². The number of hydrogen-bond acceptors (Lipinski definition) is 6. The zero-order valence-electron chi connectivity index (χ0n) is 26.5. The van der Waals surface area contributed by atoms with E-state index in [9.17, 15) is 27.9 Å². The summed E-state index contributed by atoms with van der Waals surface area (Å²) in [4.78, 5) is 33.2. The van der Waals surface area contributed by atoms with Gasteiger partial charge in [-0.2, -0.15) is 13.2 Å². The number of alkyl halides is 3. The summed E-state index contributed by atoms with van der Waals surface area (Å²) in [6.07, 6.45) is -2.45. The molecule has 4 N–H and O–H groups in total. The second kappa shape index (κ2) is 12.7. The van der Waals surface area contributed by atoms with Gasteiger partial charge in [-0.05, 0) is 81.5 Å². The van der Waals surface area contributed by atoms with Gasteiger partial charge >= 0.3 is 6.18 Å². The van der Waals surface area contributed by atoms with E-state index in [-0.39, 0.29) is 56.7 Å².